The van der Waals surface area contributed by atoms with Crippen LogP contribution in [0.1, 0.15) is 18.4 Å². The number of hydrazine groups is 1. The molecule has 134 valence electrons. The van der Waals surface area contributed by atoms with E-state index in [9.17, 15) is 9.59 Å². The Morgan fingerprint density at radius 2 is 2.12 bits per heavy atom. The third kappa shape index (κ3) is 2.86. The number of nitrogens with one attached hydrogen (secondary N) is 4. The smallest absolute Gasteiger partial charge is 0.317 e. The molecule has 0 spiro atoms. The van der Waals surface area contributed by atoms with Gasteiger partial charge in [0.1, 0.15) is 17.7 Å². The first-order valence-corrected chi connectivity index (χ1v) is 8.09. The van der Waals surface area contributed by atoms with Crippen LogP contribution in [0.5, 0.6) is 5.75 Å². The largest absolute Gasteiger partial charge is 0.448 e. The molecule has 9 nitrogen and oxygen atoms in total. The third-order valence-corrected chi connectivity index (χ3v) is 4.45. The van der Waals surface area contributed by atoms with Crippen molar-refractivity contribution in [1.82, 2.24) is 21.5 Å². The Labute approximate surface area is 145 Å². The second-order valence-corrected chi connectivity index (χ2v) is 5.80. The average molecular weight is 346 g/mol. The molecule has 1 unspecified atom stereocenters. The molecule has 0 saturated heterocycles. The van der Waals surface area contributed by atoms with Crippen LogP contribution in [0.4, 0.5) is 5.69 Å². The summed E-state index contributed by atoms with van der Waals surface area (Å²) in [5.74, 6) is -1.09. The van der Waals surface area contributed by atoms with Crippen molar-refractivity contribution in [3.63, 3.8) is 0 Å². The highest BCUT2D eigenvalue weighted by molar-refractivity contribution is 6.05. The number of fused-ring (bicyclic) bond motifs is 1. The average Bonchev–Trinajstić information content (AvgIpc) is 2.67. The van der Waals surface area contributed by atoms with Gasteiger partial charge in [-0.15, -0.1) is 0 Å². The number of anilines is 1. The van der Waals surface area contributed by atoms with E-state index in [2.05, 4.69) is 26.6 Å². The number of nitrogens with zero attached hydrogens (tertiary/aromatic N) is 2. The van der Waals surface area contributed by atoms with Gasteiger partial charge in [0.25, 0.3) is 5.85 Å². The second-order valence-electron chi connectivity index (χ2n) is 5.80. The van der Waals surface area contributed by atoms with E-state index < -0.39 is 5.85 Å². The van der Waals surface area contributed by atoms with E-state index in [-0.39, 0.29) is 11.9 Å². The molecule has 1 amide bonds. The molecule has 1 aromatic carbocycles. The van der Waals surface area contributed by atoms with Crippen LogP contribution in [0.2, 0.25) is 0 Å². The molecule has 4 N–H and O–H groups in total. The van der Waals surface area contributed by atoms with Crippen molar-refractivity contribution in [2.75, 3.05) is 26.2 Å². The fraction of sp³-hybridized carbons (Fsp3) is 0.438. The predicted octanol–water partition coefficient (Wildman–Crippen LogP) is -0.706. The first-order chi connectivity index (χ1) is 12.1. The van der Waals surface area contributed by atoms with Crippen molar-refractivity contribution in [1.29, 1.82) is 0 Å². The number of hydrogen-bond donors (Lipinski definition) is 4. The molecule has 0 saturated carbocycles. The van der Waals surface area contributed by atoms with Crippen molar-refractivity contribution in [2.45, 2.75) is 24.7 Å². The molecule has 1 atom stereocenters. The molecule has 3 rings (SSSR count). The van der Waals surface area contributed by atoms with Gasteiger partial charge in [-0.1, -0.05) is 0 Å². The molecular formula is C16H22N6O3. The molecule has 9 heteroatoms. The van der Waals surface area contributed by atoms with Crippen LogP contribution >= 0.6 is 0 Å². The first-order valence-electron chi connectivity index (χ1n) is 8.09. The summed E-state index contributed by atoms with van der Waals surface area (Å²) < 4.78 is 5.88. The van der Waals surface area contributed by atoms with Crippen molar-refractivity contribution >= 4 is 23.6 Å². The molecule has 2 heterocycles. The molecule has 0 aliphatic carbocycles. The molecular weight excluding hydrogens is 324 g/mol. The maximum Gasteiger partial charge on any atom is 0.317 e. The standard InChI is InChI=1S/C16H22N6O3/c1-17-16(18-2)15(24)22(19-3)13-8-10(4-7-14(13)25-16)12-6-5-11(9-23)20-21-12/h4,7-9,11,17-20H,5-6H2,1-3H3. The SMILES string of the molecule is CNN1C(=O)C(NC)(NC)Oc2ccc(C3=NNC(C=O)CC3)cc21. The molecule has 25 heavy (non-hydrogen) atoms. The highest BCUT2D eigenvalue weighted by atomic mass is 16.5. The van der Waals surface area contributed by atoms with E-state index in [4.69, 9.17) is 4.74 Å². The maximum absolute atomic E-state index is 12.8. The van der Waals surface area contributed by atoms with Crippen molar-refractivity contribution in [2.24, 2.45) is 5.10 Å². The van der Waals surface area contributed by atoms with Crippen LogP contribution < -0.4 is 31.2 Å². The lowest BCUT2D eigenvalue weighted by Gasteiger charge is -2.41. The van der Waals surface area contributed by atoms with Gasteiger partial charge in [-0.05, 0) is 45.1 Å². The second kappa shape index (κ2) is 6.79. The van der Waals surface area contributed by atoms with Gasteiger partial charge < -0.3 is 9.53 Å². The Morgan fingerprint density at radius 3 is 2.68 bits per heavy atom. The minimum atomic E-state index is -1.33. The van der Waals surface area contributed by atoms with Crippen molar-refractivity contribution in [3.05, 3.63) is 23.8 Å². The number of hydrogen-bond acceptors (Lipinski definition) is 8. The summed E-state index contributed by atoms with van der Waals surface area (Å²) in [6.07, 6.45) is 2.23. The van der Waals surface area contributed by atoms with E-state index >= 15 is 0 Å². The monoisotopic (exact) mass is 346 g/mol. The Morgan fingerprint density at radius 1 is 1.36 bits per heavy atom. The Hall–Kier alpha value is -2.49. The zero-order chi connectivity index (χ0) is 18.0. The molecule has 0 fully saturated rings. The Balaban J connectivity index is 1.98. The molecule has 0 bridgehead atoms. The zero-order valence-electron chi connectivity index (χ0n) is 14.4. The predicted molar refractivity (Wildman–Crippen MR) is 93.2 cm³/mol. The zero-order valence-corrected chi connectivity index (χ0v) is 14.4. The highest BCUT2D eigenvalue weighted by Gasteiger charge is 2.47. The van der Waals surface area contributed by atoms with E-state index in [1.54, 1.807) is 27.2 Å². The van der Waals surface area contributed by atoms with E-state index in [1.807, 2.05) is 12.1 Å². The number of carbonyl (C=O) groups excluding carboxylic acids is 2. The summed E-state index contributed by atoms with van der Waals surface area (Å²) in [5.41, 5.74) is 8.05. The van der Waals surface area contributed by atoms with E-state index in [1.165, 1.54) is 5.01 Å². The van der Waals surface area contributed by atoms with Crippen LogP contribution in [0.25, 0.3) is 0 Å². The normalized spacial score (nSPS) is 21.7. The van der Waals surface area contributed by atoms with Gasteiger partial charge in [0, 0.05) is 12.6 Å². The van der Waals surface area contributed by atoms with Gasteiger partial charge >= 0.3 is 5.91 Å². The maximum atomic E-state index is 12.8. The minimum absolute atomic E-state index is 0.244. The van der Waals surface area contributed by atoms with Gasteiger partial charge in [0.15, 0.2) is 0 Å². The summed E-state index contributed by atoms with van der Waals surface area (Å²) in [4.78, 5) is 23.6. The summed E-state index contributed by atoms with van der Waals surface area (Å²) in [6, 6.07) is 5.30. The van der Waals surface area contributed by atoms with Crippen LogP contribution in [0.3, 0.4) is 0 Å². The molecule has 2 aliphatic rings. The van der Waals surface area contributed by atoms with Crippen LogP contribution in [0.15, 0.2) is 23.3 Å². The number of rotatable bonds is 5. The Kier molecular flexibility index (Phi) is 4.71. The van der Waals surface area contributed by atoms with Gasteiger partial charge in [0.05, 0.1) is 11.8 Å². The molecule has 0 aromatic heterocycles. The number of aldehydes is 1. The van der Waals surface area contributed by atoms with Gasteiger partial charge in [-0.3, -0.25) is 20.9 Å². The molecule has 1 aromatic rings. The van der Waals surface area contributed by atoms with E-state index in [0.717, 1.165) is 17.6 Å². The first kappa shape index (κ1) is 17.3. The summed E-state index contributed by atoms with van der Waals surface area (Å²) in [6.45, 7) is 0. The van der Waals surface area contributed by atoms with E-state index in [0.29, 0.717) is 24.3 Å². The van der Waals surface area contributed by atoms with Crippen molar-refractivity contribution < 1.29 is 14.3 Å². The lowest BCUT2D eigenvalue weighted by atomic mass is 10.0. The van der Waals surface area contributed by atoms with Crippen molar-refractivity contribution in [3.8, 4) is 5.75 Å². The Bertz CT molecular complexity index is 716. The lowest BCUT2D eigenvalue weighted by Crippen LogP contribution is -2.71. The number of amides is 1. The van der Waals surface area contributed by atoms with Crippen LogP contribution in [-0.2, 0) is 9.59 Å². The molecule has 2 aliphatic heterocycles. The minimum Gasteiger partial charge on any atom is -0.448 e. The number of benzene rings is 1. The molecule has 0 radical (unpaired) electrons. The van der Waals surface area contributed by atoms with Crippen LogP contribution in [-0.4, -0.2) is 50.9 Å². The third-order valence-electron chi connectivity index (χ3n) is 4.45. The lowest BCUT2D eigenvalue weighted by molar-refractivity contribution is -0.142. The van der Waals surface area contributed by atoms with Gasteiger partial charge in [0.2, 0.25) is 0 Å². The summed E-state index contributed by atoms with van der Waals surface area (Å²) >= 11 is 0. The summed E-state index contributed by atoms with van der Waals surface area (Å²) in [5, 5.41) is 11.5. The summed E-state index contributed by atoms with van der Waals surface area (Å²) in [7, 11) is 4.96. The van der Waals surface area contributed by atoms with Gasteiger partial charge in [-0.25, -0.2) is 10.4 Å². The quantitative estimate of drug-likeness (QED) is 0.412. The number of carbonyl (C=O) groups is 2. The highest BCUT2D eigenvalue weighted by Crippen LogP contribution is 2.36. The fourth-order valence-electron chi connectivity index (χ4n) is 2.98. The number of hydrazone groups is 1. The topological polar surface area (TPSA) is 107 Å². The fourth-order valence-corrected chi connectivity index (χ4v) is 2.98. The van der Waals surface area contributed by atoms with Crippen LogP contribution in [0, 0.1) is 0 Å². The number of likely N-dealkylation sites (N-methyl/N-ethyl adjacent to an activating group) is 2. The van der Waals surface area contributed by atoms with Gasteiger partial charge in [-0.2, -0.15) is 5.10 Å². The number of ether oxygens (including phenoxy) is 1.